The number of carboxylic acids is 1. The van der Waals surface area contributed by atoms with Crippen LogP contribution in [-0.4, -0.2) is 41.5 Å². The van der Waals surface area contributed by atoms with E-state index >= 15 is 0 Å². The highest BCUT2D eigenvalue weighted by molar-refractivity contribution is 5.96. The second-order valence-electron chi connectivity index (χ2n) is 6.22. The van der Waals surface area contributed by atoms with E-state index < -0.39 is 12.3 Å². The van der Waals surface area contributed by atoms with Gasteiger partial charge in [0.05, 0.1) is 5.56 Å². The number of aliphatic imine (C=N–C) groups is 1. The summed E-state index contributed by atoms with van der Waals surface area (Å²) in [5, 5.41) is 25.3. The van der Waals surface area contributed by atoms with Crippen LogP contribution in [0.1, 0.15) is 22.3 Å². The Kier molecular flexibility index (Phi) is 8.20. The summed E-state index contributed by atoms with van der Waals surface area (Å²) in [4.78, 5) is 15.3. The number of nitrogens with two attached hydrogens (primary N) is 1. The Morgan fingerprint density at radius 2 is 2.14 bits per heavy atom. The van der Waals surface area contributed by atoms with Crippen LogP contribution < -0.4 is 21.1 Å². The molecule has 1 atom stereocenters. The van der Waals surface area contributed by atoms with Crippen LogP contribution in [0.2, 0.25) is 0 Å². The second kappa shape index (κ2) is 10.8. The predicted molar refractivity (Wildman–Crippen MR) is 115 cm³/mol. The fraction of sp³-hybridized carbons (Fsp3) is 0.238. The van der Waals surface area contributed by atoms with E-state index in [1.165, 1.54) is 12.1 Å². The number of anilines is 2. The molecule has 0 fully saturated rings. The van der Waals surface area contributed by atoms with Crippen LogP contribution in [0.15, 0.2) is 60.1 Å². The molecule has 154 valence electrons. The lowest BCUT2D eigenvalue weighted by Gasteiger charge is -2.16. The highest BCUT2D eigenvalue weighted by atomic mass is 16.5. The quantitative estimate of drug-likeness (QED) is 0.180. The molecule has 8 nitrogen and oxygen atoms in total. The van der Waals surface area contributed by atoms with Crippen molar-refractivity contribution in [3.05, 3.63) is 66.2 Å². The Morgan fingerprint density at radius 1 is 1.34 bits per heavy atom. The summed E-state index contributed by atoms with van der Waals surface area (Å²) in [5.74, 6) is 0.103. The number of ether oxygens (including phenoxy) is 1. The lowest BCUT2D eigenvalue weighted by Crippen LogP contribution is -2.24. The van der Waals surface area contributed by atoms with Crippen LogP contribution in [0.3, 0.4) is 0 Å². The number of amidine groups is 1. The van der Waals surface area contributed by atoms with E-state index in [2.05, 4.69) is 22.2 Å². The smallest absolute Gasteiger partial charge is 0.335 e. The van der Waals surface area contributed by atoms with Crippen molar-refractivity contribution in [1.29, 1.82) is 0 Å². The molecule has 8 heteroatoms. The molecule has 6 N–H and O–H groups in total. The zero-order chi connectivity index (χ0) is 21.2. The Morgan fingerprint density at radius 3 is 2.83 bits per heavy atom. The highest BCUT2D eigenvalue weighted by Crippen LogP contribution is 2.22. The third kappa shape index (κ3) is 6.95. The maximum Gasteiger partial charge on any atom is 0.335 e. The van der Waals surface area contributed by atoms with E-state index in [1.54, 1.807) is 18.2 Å². The van der Waals surface area contributed by atoms with Gasteiger partial charge in [0.2, 0.25) is 6.35 Å². The number of hydrogen-bond acceptors (Lipinski definition) is 6. The van der Waals surface area contributed by atoms with E-state index in [9.17, 15) is 9.90 Å². The van der Waals surface area contributed by atoms with E-state index in [0.29, 0.717) is 36.8 Å². The van der Waals surface area contributed by atoms with E-state index in [1.807, 2.05) is 25.1 Å². The molecule has 0 aliphatic heterocycles. The Bertz CT molecular complexity index is 883. The number of carboxylic acid groups (broad SMARTS) is 1. The zero-order valence-electron chi connectivity index (χ0n) is 16.3. The van der Waals surface area contributed by atoms with Gasteiger partial charge in [0.1, 0.15) is 18.2 Å². The molecular formula is C21H26N4O4. The number of benzene rings is 2. The number of aliphatic hydroxyl groups excluding tert-OH is 1. The van der Waals surface area contributed by atoms with E-state index in [4.69, 9.17) is 15.6 Å². The van der Waals surface area contributed by atoms with Gasteiger partial charge >= 0.3 is 5.97 Å². The minimum atomic E-state index is -1.28. The molecule has 0 saturated carbocycles. The van der Waals surface area contributed by atoms with Gasteiger partial charge in [0, 0.05) is 23.9 Å². The van der Waals surface area contributed by atoms with Gasteiger partial charge in [0.15, 0.2) is 0 Å². The molecular weight excluding hydrogens is 372 g/mol. The Labute approximate surface area is 169 Å². The number of rotatable bonds is 10. The van der Waals surface area contributed by atoms with Crippen LogP contribution in [0.25, 0.3) is 0 Å². The molecule has 0 bridgehead atoms. The Balaban J connectivity index is 2.15. The molecule has 2 aromatic carbocycles. The van der Waals surface area contributed by atoms with Gasteiger partial charge in [-0.2, -0.15) is 0 Å². The summed E-state index contributed by atoms with van der Waals surface area (Å²) >= 11 is 0. The largest absolute Gasteiger partial charge is 0.489 e. The topological polar surface area (TPSA) is 129 Å². The van der Waals surface area contributed by atoms with Crippen molar-refractivity contribution < 1.29 is 19.7 Å². The Hall–Kier alpha value is -3.36. The van der Waals surface area contributed by atoms with Gasteiger partial charge in [-0.05, 0) is 43.3 Å². The van der Waals surface area contributed by atoms with Crippen molar-refractivity contribution >= 4 is 23.2 Å². The minimum Gasteiger partial charge on any atom is -0.489 e. The van der Waals surface area contributed by atoms with Crippen molar-refractivity contribution in [2.75, 3.05) is 23.8 Å². The maximum absolute atomic E-state index is 11.1. The van der Waals surface area contributed by atoms with Crippen molar-refractivity contribution in [2.24, 2.45) is 10.7 Å². The molecule has 0 aliphatic rings. The molecule has 2 rings (SSSR count). The molecule has 0 amide bonds. The molecule has 0 aliphatic carbocycles. The number of hydrogen-bond donors (Lipinski definition) is 5. The van der Waals surface area contributed by atoms with Crippen molar-refractivity contribution in [3.63, 3.8) is 0 Å². The van der Waals surface area contributed by atoms with Gasteiger partial charge in [-0.25, -0.2) is 9.79 Å². The van der Waals surface area contributed by atoms with Gasteiger partial charge in [-0.1, -0.05) is 24.8 Å². The first kappa shape index (κ1) is 21.9. The SMILES string of the molecule is C=CCOc1ccc(C)c(NC(CCN)=NC(O)Nc2cccc(C(=O)O)c2)c1. The normalized spacial score (nSPS) is 12.2. The van der Waals surface area contributed by atoms with Crippen molar-refractivity contribution in [2.45, 2.75) is 19.7 Å². The fourth-order valence-corrected chi connectivity index (χ4v) is 2.50. The lowest BCUT2D eigenvalue weighted by atomic mass is 10.2. The monoisotopic (exact) mass is 398 g/mol. The molecule has 0 saturated heterocycles. The standard InChI is InChI=1S/C21H26N4O4/c1-3-11-29-17-8-7-14(2)18(13-17)24-19(9-10-22)25-21(28)23-16-6-4-5-15(12-16)20(26)27/h3-8,12-13,21,23,28H,1,9-11,22H2,2H3,(H,24,25)(H,26,27). The first-order chi connectivity index (χ1) is 13.9. The molecule has 2 aromatic rings. The van der Waals surface area contributed by atoms with Crippen LogP contribution >= 0.6 is 0 Å². The van der Waals surface area contributed by atoms with Gasteiger partial charge in [-0.15, -0.1) is 0 Å². The number of aromatic carboxylic acids is 1. The summed E-state index contributed by atoms with van der Waals surface area (Å²) in [5.41, 5.74) is 7.96. The molecule has 0 aromatic heterocycles. The van der Waals surface area contributed by atoms with Gasteiger partial charge < -0.3 is 31.3 Å². The molecule has 29 heavy (non-hydrogen) atoms. The molecule has 0 spiro atoms. The number of nitrogens with zero attached hydrogens (tertiary/aromatic N) is 1. The first-order valence-electron chi connectivity index (χ1n) is 9.09. The van der Waals surface area contributed by atoms with Crippen molar-refractivity contribution in [1.82, 2.24) is 0 Å². The zero-order valence-corrected chi connectivity index (χ0v) is 16.3. The number of aryl methyl sites for hydroxylation is 1. The third-order valence-electron chi connectivity index (χ3n) is 3.92. The average Bonchev–Trinajstić information content (AvgIpc) is 2.68. The summed E-state index contributed by atoms with van der Waals surface area (Å²) in [6.07, 6.45) is 0.786. The van der Waals surface area contributed by atoms with Crippen molar-refractivity contribution in [3.8, 4) is 5.75 Å². The van der Waals surface area contributed by atoms with Crippen LogP contribution in [-0.2, 0) is 0 Å². The number of nitrogens with one attached hydrogen (secondary N) is 2. The van der Waals surface area contributed by atoms with Crippen LogP contribution in [0, 0.1) is 6.92 Å². The highest BCUT2D eigenvalue weighted by Gasteiger charge is 2.09. The van der Waals surface area contributed by atoms with Crippen LogP contribution in [0.4, 0.5) is 11.4 Å². The summed E-state index contributed by atoms with van der Waals surface area (Å²) in [7, 11) is 0. The lowest BCUT2D eigenvalue weighted by molar-refractivity contribution is 0.0697. The summed E-state index contributed by atoms with van der Waals surface area (Å²) in [6, 6.07) is 11.7. The van der Waals surface area contributed by atoms with E-state index in [-0.39, 0.29) is 5.56 Å². The molecule has 1 unspecified atom stereocenters. The number of carbonyl (C=O) groups is 1. The minimum absolute atomic E-state index is 0.110. The average molecular weight is 398 g/mol. The summed E-state index contributed by atoms with van der Waals surface area (Å²) in [6.45, 7) is 6.29. The maximum atomic E-state index is 11.1. The molecule has 0 radical (unpaired) electrons. The number of aliphatic hydroxyl groups is 1. The summed E-state index contributed by atoms with van der Waals surface area (Å²) < 4.78 is 5.55. The van der Waals surface area contributed by atoms with Gasteiger partial charge in [-0.3, -0.25) is 0 Å². The second-order valence-corrected chi connectivity index (χ2v) is 6.22. The van der Waals surface area contributed by atoms with Gasteiger partial charge in [0.25, 0.3) is 0 Å². The predicted octanol–water partition coefficient (Wildman–Crippen LogP) is 2.81. The van der Waals surface area contributed by atoms with Crippen LogP contribution in [0.5, 0.6) is 5.75 Å². The first-order valence-corrected chi connectivity index (χ1v) is 9.09. The fourth-order valence-electron chi connectivity index (χ4n) is 2.50. The molecule has 0 heterocycles. The third-order valence-corrected chi connectivity index (χ3v) is 3.92. The van der Waals surface area contributed by atoms with E-state index in [0.717, 1.165) is 11.3 Å².